The summed E-state index contributed by atoms with van der Waals surface area (Å²) in [7, 11) is 0. The summed E-state index contributed by atoms with van der Waals surface area (Å²) in [4.78, 5) is 11.0. The molecule has 0 aliphatic carbocycles. The van der Waals surface area contributed by atoms with Crippen LogP contribution in [0.4, 0.5) is 10.1 Å². The van der Waals surface area contributed by atoms with Gasteiger partial charge in [-0.15, -0.1) is 0 Å². The maximum Gasteiger partial charge on any atom is 0.337 e. The summed E-state index contributed by atoms with van der Waals surface area (Å²) in [5, 5.41) is 12.9. The molecule has 0 unspecified atom stereocenters. The minimum absolute atomic E-state index is 0.0401. The molecule has 0 atom stereocenters. The molecule has 0 aliphatic rings. The Morgan fingerprint density at radius 3 is 2.46 bits per heavy atom. The topological polar surface area (TPSA) is 58.6 Å². The van der Waals surface area contributed by atoms with E-state index in [0.29, 0.717) is 23.0 Å². The van der Waals surface area contributed by atoms with E-state index in [1.54, 1.807) is 42.5 Å². The average Bonchev–Trinajstić information content (AvgIpc) is 2.66. The van der Waals surface area contributed by atoms with E-state index in [9.17, 15) is 9.18 Å². The van der Waals surface area contributed by atoms with Gasteiger partial charge in [0.15, 0.2) is 0 Å². The van der Waals surface area contributed by atoms with Gasteiger partial charge in [-0.2, -0.15) is 0 Å². The summed E-state index contributed by atoms with van der Waals surface area (Å²) in [6.07, 6.45) is 0. The number of benzene rings is 3. The Morgan fingerprint density at radius 1 is 1.04 bits per heavy atom. The van der Waals surface area contributed by atoms with Gasteiger partial charge in [-0.05, 0) is 54.1 Å². The van der Waals surface area contributed by atoms with E-state index in [4.69, 9.17) is 33.0 Å². The van der Waals surface area contributed by atoms with Crippen molar-refractivity contribution >= 4 is 34.9 Å². The zero-order valence-electron chi connectivity index (χ0n) is 14.6. The molecule has 0 amide bonds. The van der Waals surface area contributed by atoms with E-state index in [0.717, 1.165) is 11.1 Å². The number of nitrogens with one attached hydrogen (secondary N) is 1. The van der Waals surface area contributed by atoms with Crippen LogP contribution in [-0.4, -0.2) is 11.1 Å². The third-order valence-electron chi connectivity index (χ3n) is 4.01. The minimum atomic E-state index is -1.08. The zero-order valence-corrected chi connectivity index (χ0v) is 16.1. The van der Waals surface area contributed by atoms with Gasteiger partial charge in [-0.25, -0.2) is 9.18 Å². The lowest BCUT2D eigenvalue weighted by Gasteiger charge is -2.14. The number of halogens is 3. The smallest absolute Gasteiger partial charge is 0.337 e. The molecule has 2 N–H and O–H groups in total. The summed E-state index contributed by atoms with van der Waals surface area (Å²) in [6, 6.07) is 16.0. The maximum atomic E-state index is 13.0. The van der Waals surface area contributed by atoms with Crippen LogP contribution in [0.15, 0.2) is 60.7 Å². The predicted molar refractivity (Wildman–Crippen MR) is 108 cm³/mol. The molecule has 0 heterocycles. The summed E-state index contributed by atoms with van der Waals surface area (Å²) < 4.78 is 18.9. The van der Waals surface area contributed by atoms with Crippen LogP contribution in [0.2, 0.25) is 10.0 Å². The highest BCUT2D eigenvalue weighted by Gasteiger charge is 2.10. The van der Waals surface area contributed by atoms with Crippen molar-refractivity contribution in [3.8, 4) is 5.75 Å². The van der Waals surface area contributed by atoms with Gasteiger partial charge in [0.05, 0.1) is 10.6 Å². The molecule has 0 aliphatic heterocycles. The molecule has 3 aromatic carbocycles. The highest BCUT2D eigenvalue weighted by molar-refractivity contribution is 6.33. The van der Waals surface area contributed by atoms with Gasteiger partial charge in [0, 0.05) is 22.8 Å². The van der Waals surface area contributed by atoms with Crippen LogP contribution in [0.1, 0.15) is 21.5 Å². The molecule has 28 heavy (non-hydrogen) atoms. The van der Waals surface area contributed by atoms with Crippen LogP contribution >= 0.6 is 23.2 Å². The molecule has 4 nitrogen and oxygen atoms in total. The van der Waals surface area contributed by atoms with E-state index < -0.39 is 5.97 Å². The summed E-state index contributed by atoms with van der Waals surface area (Å²) in [5.74, 6) is -0.745. The molecule has 0 bridgehead atoms. The number of carbonyl (C=O) groups is 1. The number of carboxylic acid groups (broad SMARTS) is 1. The summed E-state index contributed by atoms with van der Waals surface area (Å²) in [5.41, 5.74) is 2.36. The first kappa shape index (κ1) is 20.0. The Labute approximate surface area is 171 Å². The first-order chi connectivity index (χ1) is 13.4. The number of hydrogen-bond donors (Lipinski definition) is 2. The van der Waals surface area contributed by atoms with E-state index in [2.05, 4.69) is 5.32 Å². The van der Waals surface area contributed by atoms with Crippen LogP contribution in [0.3, 0.4) is 0 Å². The molecule has 0 saturated carbocycles. The molecule has 0 saturated heterocycles. The van der Waals surface area contributed by atoms with Crippen LogP contribution in [0.5, 0.6) is 5.75 Å². The average molecular weight is 420 g/mol. The van der Waals surface area contributed by atoms with Gasteiger partial charge in [-0.1, -0.05) is 35.3 Å². The van der Waals surface area contributed by atoms with Gasteiger partial charge in [0.2, 0.25) is 0 Å². The van der Waals surface area contributed by atoms with Crippen molar-refractivity contribution < 1.29 is 19.0 Å². The second-order valence-corrected chi connectivity index (χ2v) is 6.86. The monoisotopic (exact) mass is 419 g/mol. The van der Waals surface area contributed by atoms with E-state index in [1.807, 2.05) is 0 Å². The zero-order chi connectivity index (χ0) is 20.1. The first-order valence-corrected chi connectivity index (χ1v) is 9.10. The molecule has 0 fully saturated rings. The number of hydrogen-bond acceptors (Lipinski definition) is 3. The second kappa shape index (κ2) is 8.95. The molecule has 0 radical (unpaired) electrons. The molecule has 3 rings (SSSR count). The fourth-order valence-corrected chi connectivity index (χ4v) is 3.02. The third kappa shape index (κ3) is 5.15. The molecule has 0 spiro atoms. The standard InChI is InChI=1S/C21H16Cl2FNO3/c22-15-3-8-20(28-12-13-1-4-16(24)5-2-13)14(9-15)11-25-17-6-7-18(21(26)27)19(23)10-17/h1-10,25H,11-12H2,(H,26,27). The Balaban J connectivity index is 1.71. The Hall–Kier alpha value is -2.76. The van der Waals surface area contributed by atoms with Crippen LogP contribution in [0.25, 0.3) is 0 Å². The SMILES string of the molecule is O=C(O)c1ccc(NCc2cc(Cl)ccc2OCc2ccc(F)cc2)cc1Cl. The molecule has 144 valence electrons. The Morgan fingerprint density at radius 2 is 1.79 bits per heavy atom. The Kier molecular flexibility index (Phi) is 6.39. The fraction of sp³-hybridized carbons (Fsp3) is 0.0952. The Bertz CT molecular complexity index is 993. The lowest BCUT2D eigenvalue weighted by Crippen LogP contribution is -2.05. The first-order valence-electron chi connectivity index (χ1n) is 8.35. The highest BCUT2D eigenvalue weighted by Crippen LogP contribution is 2.26. The fourth-order valence-electron chi connectivity index (χ4n) is 2.56. The van der Waals surface area contributed by atoms with Gasteiger partial charge in [0.25, 0.3) is 0 Å². The third-order valence-corrected chi connectivity index (χ3v) is 4.56. The van der Waals surface area contributed by atoms with Gasteiger partial charge in [0.1, 0.15) is 18.2 Å². The van der Waals surface area contributed by atoms with E-state index in [-0.39, 0.29) is 23.0 Å². The predicted octanol–water partition coefficient (Wildman–Crippen LogP) is 6.02. The van der Waals surface area contributed by atoms with Gasteiger partial charge >= 0.3 is 5.97 Å². The number of rotatable bonds is 7. The van der Waals surface area contributed by atoms with Crippen LogP contribution in [-0.2, 0) is 13.2 Å². The maximum absolute atomic E-state index is 13.0. The molecule has 7 heteroatoms. The second-order valence-electron chi connectivity index (χ2n) is 6.02. The van der Waals surface area contributed by atoms with Crippen LogP contribution in [0, 0.1) is 5.82 Å². The number of ether oxygens (including phenoxy) is 1. The van der Waals surface area contributed by atoms with Crippen molar-refractivity contribution in [3.63, 3.8) is 0 Å². The molecular weight excluding hydrogens is 404 g/mol. The molecule has 0 aromatic heterocycles. The largest absolute Gasteiger partial charge is 0.489 e. The molecular formula is C21H16Cl2FNO3. The van der Waals surface area contributed by atoms with Gasteiger partial charge < -0.3 is 15.2 Å². The number of anilines is 1. The van der Waals surface area contributed by atoms with Gasteiger partial charge in [-0.3, -0.25) is 0 Å². The number of aromatic carboxylic acids is 1. The molecule has 3 aromatic rings. The summed E-state index contributed by atoms with van der Waals surface area (Å²) in [6.45, 7) is 0.677. The number of carboxylic acids is 1. The quantitative estimate of drug-likeness (QED) is 0.491. The highest BCUT2D eigenvalue weighted by atomic mass is 35.5. The normalized spacial score (nSPS) is 10.5. The van der Waals surface area contributed by atoms with Crippen molar-refractivity contribution in [3.05, 3.63) is 93.2 Å². The van der Waals surface area contributed by atoms with Crippen LogP contribution < -0.4 is 10.1 Å². The van der Waals surface area contributed by atoms with Crippen molar-refractivity contribution in [2.75, 3.05) is 5.32 Å². The van der Waals surface area contributed by atoms with Crippen molar-refractivity contribution in [1.82, 2.24) is 0 Å². The lowest BCUT2D eigenvalue weighted by molar-refractivity contribution is 0.0697. The van der Waals surface area contributed by atoms with Crippen molar-refractivity contribution in [2.24, 2.45) is 0 Å². The van der Waals surface area contributed by atoms with Crippen molar-refractivity contribution in [1.29, 1.82) is 0 Å². The minimum Gasteiger partial charge on any atom is -0.489 e. The lowest BCUT2D eigenvalue weighted by atomic mass is 10.1. The van der Waals surface area contributed by atoms with Crippen molar-refractivity contribution in [2.45, 2.75) is 13.2 Å². The summed E-state index contributed by atoms with van der Waals surface area (Å²) >= 11 is 12.1. The van der Waals surface area contributed by atoms with E-state index >= 15 is 0 Å². The van der Waals surface area contributed by atoms with E-state index in [1.165, 1.54) is 18.2 Å².